The Balaban J connectivity index is 1.48. The molecule has 0 saturated carbocycles. The van der Waals surface area contributed by atoms with Crippen LogP contribution >= 0.6 is 34.5 Å². The molecule has 0 aliphatic rings. The molecule has 0 saturated heterocycles. The first kappa shape index (κ1) is 21.5. The molecule has 0 bridgehead atoms. The Labute approximate surface area is 193 Å². The van der Waals surface area contributed by atoms with E-state index in [2.05, 4.69) is 27.5 Å². The smallest absolute Gasteiger partial charge is 0.265 e. The molecule has 4 aromatic rings. The fraction of sp³-hybridized carbons (Fsp3) is 0.238. The molecule has 1 atom stereocenters. The van der Waals surface area contributed by atoms with Crippen molar-refractivity contribution in [3.63, 3.8) is 0 Å². The zero-order valence-corrected chi connectivity index (χ0v) is 19.1. The Kier molecular flexibility index (Phi) is 6.41. The predicted octanol–water partition coefficient (Wildman–Crippen LogP) is 5.52. The fourth-order valence-corrected chi connectivity index (χ4v) is 4.25. The van der Waals surface area contributed by atoms with Gasteiger partial charge in [-0.1, -0.05) is 53.6 Å². The third-order valence-electron chi connectivity index (χ3n) is 4.47. The number of carbonyl (C=O) groups is 1. The molecule has 10 heteroatoms. The molecular weight excluding hydrogens is 457 g/mol. The zero-order chi connectivity index (χ0) is 22.0. The minimum Gasteiger partial charge on any atom is -0.479 e. The molecule has 2 aromatic heterocycles. The molecule has 1 N–H and O–H groups in total. The molecule has 0 spiro atoms. The van der Waals surface area contributed by atoms with Crippen molar-refractivity contribution in [2.45, 2.75) is 32.8 Å². The Morgan fingerprint density at radius 3 is 2.84 bits per heavy atom. The number of rotatable bonds is 7. The molecule has 4 rings (SSSR count). The number of aromatic nitrogens is 4. The highest BCUT2D eigenvalue weighted by molar-refractivity contribution is 7.19. The second-order valence-electron chi connectivity index (χ2n) is 6.87. The van der Waals surface area contributed by atoms with Gasteiger partial charge in [0.25, 0.3) is 5.91 Å². The van der Waals surface area contributed by atoms with Crippen LogP contribution in [0.5, 0.6) is 5.75 Å². The van der Waals surface area contributed by atoms with Gasteiger partial charge in [-0.3, -0.25) is 4.79 Å². The quantitative estimate of drug-likeness (QED) is 0.380. The van der Waals surface area contributed by atoms with Crippen LogP contribution in [0.4, 0.5) is 5.69 Å². The Bertz CT molecular complexity index is 1240. The Morgan fingerprint density at radius 2 is 2.06 bits per heavy atom. The first-order valence-corrected chi connectivity index (χ1v) is 11.3. The van der Waals surface area contributed by atoms with Crippen LogP contribution in [0.25, 0.3) is 15.5 Å². The predicted molar refractivity (Wildman–Crippen MR) is 123 cm³/mol. The van der Waals surface area contributed by atoms with Crippen LogP contribution in [0.15, 0.2) is 42.5 Å². The van der Waals surface area contributed by atoms with Crippen LogP contribution in [0, 0.1) is 0 Å². The number of halogens is 2. The third kappa shape index (κ3) is 4.81. The largest absolute Gasteiger partial charge is 0.479 e. The van der Waals surface area contributed by atoms with Crippen molar-refractivity contribution >= 4 is 51.1 Å². The number of benzene rings is 2. The van der Waals surface area contributed by atoms with E-state index < -0.39 is 6.10 Å². The number of amides is 1. The number of nitrogens with zero attached hydrogens (tertiary/aromatic N) is 4. The summed E-state index contributed by atoms with van der Waals surface area (Å²) >= 11 is 13.5. The third-order valence-corrected chi connectivity index (χ3v) is 5.95. The summed E-state index contributed by atoms with van der Waals surface area (Å²) in [5.74, 6) is 0.938. The summed E-state index contributed by atoms with van der Waals surface area (Å²) < 4.78 is 7.46. The summed E-state index contributed by atoms with van der Waals surface area (Å²) in [7, 11) is 0. The molecular formula is C21H19Cl2N5O2S. The summed E-state index contributed by atoms with van der Waals surface area (Å²) in [5.41, 5.74) is 1.52. The molecule has 31 heavy (non-hydrogen) atoms. The molecule has 1 amide bonds. The number of aryl methyl sites for hydroxylation is 1. The van der Waals surface area contributed by atoms with Gasteiger partial charge >= 0.3 is 0 Å². The van der Waals surface area contributed by atoms with Gasteiger partial charge in [-0.25, -0.2) is 0 Å². The lowest BCUT2D eigenvalue weighted by Crippen LogP contribution is -2.30. The highest BCUT2D eigenvalue weighted by atomic mass is 35.5. The van der Waals surface area contributed by atoms with Gasteiger partial charge in [0, 0.05) is 22.7 Å². The first-order chi connectivity index (χ1) is 14.9. The number of hydrogen-bond acceptors (Lipinski definition) is 6. The van der Waals surface area contributed by atoms with Crippen LogP contribution < -0.4 is 10.1 Å². The number of nitrogens with one attached hydrogen (secondary N) is 1. The molecule has 0 aliphatic heterocycles. The summed E-state index contributed by atoms with van der Waals surface area (Å²) in [4.78, 5) is 13.4. The Hall–Kier alpha value is -2.68. The summed E-state index contributed by atoms with van der Waals surface area (Å²) in [5, 5.41) is 17.5. The highest BCUT2D eigenvalue weighted by Crippen LogP contribution is 2.29. The van der Waals surface area contributed by atoms with E-state index in [0.29, 0.717) is 21.5 Å². The van der Waals surface area contributed by atoms with Crippen molar-refractivity contribution < 1.29 is 9.53 Å². The molecule has 2 aromatic carbocycles. The number of anilines is 1. The minimum absolute atomic E-state index is 0.299. The van der Waals surface area contributed by atoms with Crippen LogP contribution in [0.1, 0.15) is 26.1 Å². The van der Waals surface area contributed by atoms with Gasteiger partial charge in [-0.15, -0.1) is 10.2 Å². The minimum atomic E-state index is -0.756. The second kappa shape index (κ2) is 9.21. The average Bonchev–Trinajstić information content (AvgIpc) is 3.32. The molecule has 0 aliphatic carbocycles. The maximum atomic E-state index is 12.6. The Morgan fingerprint density at radius 1 is 1.23 bits per heavy atom. The lowest BCUT2D eigenvalue weighted by Gasteiger charge is -2.16. The molecule has 0 radical (unpaired) electrons. The fourth-order valence-electron chi connectivity index (χ4n) is 2.94. The maximum absolute atomic E-state index is 12.6. The van der Waals surface area contributed by atoms with E-state index in [1.54, 1.807) is 29.6 Å². The van der Waals surface area contributed by atoms with Gasteiger partial charge in [0.05, 0.1) is 5.02 Å². The van der Waals surface area contributed by atoms with Gasteiger partial charge < -0.3 is 10.1 Å². The van der Waals surface area contributed by atoms with E-state index in [4.69, 9.17) is 27.9 Å². The monoisotopic (exact) mass is 475 g/mol. The van der Waals surface area contributed by atoms with E-state index >= 15 is 0 Å². The van der Waals surface area contributed by atoms with Crippen molar-refractivity contribution in [3.05, 3.63) is 58.3 Å². The molecule has 160 valence electrons. The summed E-state index contributed by atoms with van der Waals surface area (Å²) in [6, 6.07) is 12.3. The summed E-state index contributed by atoms with van der Waals surface area (Å²) in [6.45, 7) is 3.74. The molecule has 0 fully saturated rings. The van der Waals surface area contributed by atoms with Crippen molar-refractivity contribution in [1.82, 2.24) is 19.8 Å². The number of fused-ring (bicyclic) bond motifs is 1. The van der Waals surface area contributed by atoms with E-state index in [1.165, 1.54) is 11.3 Å². The SMILES string of the molecule is CCCc1nnc2sc(-c3cccc(NC(=O)[C@H](C)Oc4ccc(Cl)cc4Cl)c3)nn12. The van der Waals surface area contributed by atoms with E-state index in [0.717, 1.165) is 34.2 Å². The molecule has 7 nitrogen and oxygen atoms in total. The zero-order valence-electron chi connectivity index (χ0n) is 16.8. The van der Waals surface area contributed by atoms with Crippen LogP contribution in [0.3, 0.4) is 0 Å². The van der Waals surface area contributed by atoms with Crippen LogP contribution in [-0.4, -0.2) is 31.8 Å². The lowest BCUT2D eigenvalue weighted by atomic mass is 10.2. The van der Waals surface area contributed by atoms with Gasteiger partial charge in [-0.05, 0) is 43.7 Å². The van der Waals surface area contributed by atoms with E-state index in [-0.39, 0.29) is 5.91 Å². The van der Waals surface area contributed by atoms with Gasteiger partial charge in [0.1, 0.15) is 10.8 Å². The van der Waals surface area contributed by atoms with Crippen molar-refractivity contribution in [2.75, 3.05) is 5.32 Å². The van der Waals surface area contributed by atoms with E-state index in [9.17, 15) is 4.79 Å². The number of hydrogen-bond donors (Lipinski definition) is 1. The van der Waals surface area contributed by atoms with E-state index in [1.807, 2.05) is 24.3 Å². The van der Waals surface area contributed by atoms with Crippen LogP contribution in [0.2, 0.25) is 10.0 Å². The second-order valence-corrected chi connectivity index (χ2v) is 8.67. The van der Waals surface area contributed by atoms with Gasteiger partial charge in [-0.2, -0.15) is 9.61 Å². The molecule has 2 heterocycles. The number of carbonyl (C=O) groups excluding carboxylic acids is 1. The average molecular weight is 476 g/mol. The van der Waals surface area contributed by atoms with Crippen molar-refractivity contribution in [2.24, 2.45) is 0 Å². The van der Waals surface area contributed by atoms with Crippen LogP contribution in [-0.2, 0) is 11.2 Å². The summed E-state index contributed by atoms with van der Waals surface area (Å²) in [6.07, 6.45) is 1.03. The topological polar surface area (TPSA) is 81.4 Å². The molecule has 0 unspecified atom stereocenters. The number of ether oxygens (including phenoxy) is 1. The van der Waals surface area contributed by atoms with Crippen molar-refractivity contribution in [3.8, 4) is 16.3 Å². The van der Waals surface area contributed by atoms with Crippen molar-refractivity contribution in [1.29, 1.82) is 0 Å². The first-order valence-electron chi connectivity index (χ1n) is 9.68. The van der Waals surface area contributed by atoms with Gasteiger partial charge in [0.2, 0.25) is 4.96 Å². The maximum Gasteiger partial charge on any atom is 0.265 e. The highest BCUT2D eigenvalue weighted by Gasteiger charge is 2.18. The normalized spacial score (nSPS) is 12.1. The lowest BCUT2D eigenvalue weighted by molar-refractivity contribution is -0.122. The van der Waals surface area contributed by atoms with Gasteiger partial charge in [0.15, 0.2) is 11.9 Å². The standard InChI is InChI=1S/C21H19Cl2N5O2S/c1-3-5-18-25-26-21-28(18)27-20(31-21)13-6-4-7-15(10-13)24-19(29)12(2)30-17-9-8-14(22)11-16(17)23/h4,6-12H,3,5H2,1-2H3,(H,24,29)/t12-/m0/s1.